The Morgan fingerprint density at radius 1 is 1.31 bits per heavy atom. The molecule has 1 aliphatic rings. The molecule has 0 amide bonds. The van der Waals surface area contributed by atoms with E-state index in [0.29, 0.717) is 11.1 Å². The largest absolute Gasteiger partial charge is 0.454 e. The van der Waals surface area contributed by atoms with Crippen LogP contribution in [0.15, 0.2) is 30.3 Å². The number of carbonyl (C=O) groups excluding carboxylic acids is 2. The van der Waals surface area contributed by atoms with Crippen molar-refractivity contribution >= 4 is 34.3 Å². The molecule has 0 aliphatic carbocycles. The molecule has 26 heavy (non-hydrogen) atoms. The predicted octanol–water partition coefficient (Wildman–Crippen LogP) is 3.93. The number of halogens is 1. The average Bonchev–Trinajstić information content (AvgIpc) is 3.23. The molecule has 2 heterocycles. The van der Waals surface area contributed by atoms with Gasteiger partial charge in [-0.2, -0.15) is 0 Å². The molecule has 0 saturated carbocycles. The van der Waals surface area contributed by atoms with Gasteiger partial charge in [0, 0.05) is 33.7 Å². The van der Waals surface area contributed by atoms with Crippen molar-refractivity contribution in [2.24, 2.45) is 0 Å². The van der Waals surface area contributed by atoms with E-state index >= 15 is 0 Å². The second-order valence-electron chi connectivity index (χ2n) is 6.54. The highest BCUT2D eigenvalue weighted by Crippen LogP contribution is 2.21. The van der Waals surface area contributed by atoms with Crippen LogP contribution in [-0.4, -0.2) is 35.6 Å². The smallest absolute Gasteiger partial charge is 0.338 e. The van der Waals surface area contributed by atoms with Crippen molar-refractivity contribution in [3.05, 3.63) is 56.4 Å². The molecule has 5 nitrogen and oxygen atoms in total. The average molecular weight is 467 g/mol. The summed E-state index contributed by atoms with van der Waals surface area (Å²) in [6.45, 7) is 5.22. The first kappa shape index (κ1) is 19.1. The molecule has 138 valence electrons. The third kappa shape index (κ3) is 4.35. The number of esters is 1. The van der Waals surface area contributed by atoms with Crippen LogP contribution < -0.4 is 0 Å². The van der Waals surface area contributed by atoms with Crippen LogP contribution in [0.3, 0.4) is 0 Å². The Labute approximate surface area is 166 Å². The predicted molar refractivity (Wildman–Crippen MR) is 107 cm³/mol. The lowest BCUT2D eigenvalue weighted by Crippen LogP contribution is -2.18. The molecule has 0 radical (unpaired) electrons. The maximum atomic E-state index is 12.5. The zero-order valence-electron chi connectivity index (χ0n) is 15.0. The fourth-order valence-electron chi connectivity index (χ4n) is 3.26. The highest BCUT2D eigenvalue weighted by molar-refractivity contribution is 14.1. The maximum absolute atomic E-state index is 12.5. The summed E-state index contributed by atoms with van der Waals surface area (Å²) in [7, 11) is 0. The van der Waals surface area contributed by atoms with Crippen LogP contribution in [0.2, 0.25) is 0 Å². The van der Waals surface area contributed by atoms with E-state index in [2.05, 4.69) is 27.2 Å². The van der Waals surface area contributed by atoms with Gasteiger partial charge in [0.05, 0.1) is 11.7 Å². The molecular weight excluding hydrogens is 445 g/mol. The quantitative estimate of drug-likeness (QED) is 0.367. The molecule has 0 N–H and O–H groups in total. The minimum absolute atomic E-state index is 0.185. The van der Waals surface area contributed by atoms with Crippen LogP contribution in [0.4, 0.5) is 0 Å². The number of benzene rings is 1. The van der Waals surface area contributed by atoms with Gasteiger partial charge in [-0.15, -0.1) is 0 Å². The van der Waals surface area contributed by atoms with Crippen molar-refractivity contribution in [1.82, 2.24) is 4.57 Å². The van der Waals surface area contributed by atoms with E-state index < -0.39 is 5.97 Å². The van der Waals surface area contributed by atoms with Crippen LogP contribution in [0, 0.1) is 17.4 Å². The molecule has 1 fully saturated rings. The summed E-state index contributed by atoms with van der Waals surface area (Å²) in [5.74, 6) is -0.666. The molecule has 1 aromatic heterocycles. The molecule has 0 spiro atoms. The molecule has 1 aliphatic heterocycles. The van der Waals surface area contributed by atoms with Crippen LogP contribution >= 0.6 is 22.6 Å². The Kier molecular flexibility index (Phi) is 6.13. The van der Waals surface area contributed by atoms with Gasteiger partial charge in [-0.1, -0.05) is 6.07 Å². The topological polar surface area (TPSA) is 57.5 Å². The van der Waals surface area contributed by atoms with Crippen LogP contribution in [0.1, 0.15) is 44.9 Å². The summed E-state index contributed by atoms with van der Waals surface area (Å²) in [4.78, 5) is 24.7. The first-order chi connectivity index (χ1) is 12.5. The monoisotopic (exact) mass is 467 g/mol. The van der Waals surface area contributed by atoms with Gasteiger partial charge >= 0.3 is 5.97 Å². The number of Topliss-reactive ketones (excluding diaryl/α,β-unsaturated/α-hetero) is 1. The summed E-state index contributed by atoms with van der Waals surface area (Å²) in [6.07, 6.45) is 2.35. The Balaban J connectivity index is 1.65. The van der Waals surface area contributed by atoms with Gasteiger partial charge in [-0.25, -0.2) is 4.79 Å². The molecule has 1 aromatic carbocycles. The molecule has 2 aromatic rings. The zero-order valence-corrected chi connectivity index (χ0v) is 17.1. The van der Waals surface area contributed by atoms with Crippen molar-refractivity contribution in [1.29, 1.82) is 0 Å². The Hall–Kier alpha value is -1.67. The zero-order chi connectivity index (χ0) is 18.7. The number of nitrogens with zero attached hydrogens (tertiary/aromatic N) is 1. The number of rotatable bonds is 6. The van der Waals surface area contributed by atoms with Gasteiger partial charge in [-0.05, 0) is 73.5 Å². The van der Waals surface area contributed by atoms with E-state index in [1.807, 2.05) is 26.0 Å². The molecular formula is C20H22INO4. The summed E-state index contributed by atoms with van der Waals surface area (Å²) in [6, 6.07) is 8.97. The van der Waals surface area contributed by atoms with E-state index in [-0.39, 0.29) is 18.5 Å². The lowest BCUT2D eigenvalue weighted by molar-refractivity contribution is 0.0474. The van der Waals surface area contributed by atoms with Gasteiger partial charge in [0.25, 0.3) is 0 Å². The number of hydrogen-bond donors (Lipinski definition) is 0. The van der Waals surface area contributed by atoms with Crippen molar-refractivity contribution in [2.45, 2.75) is 39.3 Å². The standard InChI is InChI=1S/C20H22INO4/c1-13-9-18(14(2)22(13)11-17-7-4-8-25-17)19(23)12-26-20(24)15-5-3-6-16(21)10-15/h3,5-6,9-10,17H,4,7-8,11-12H2,1-2H3. The van der Waals surface area contributed by atoms with E-state index in [1.54, 1.807) is 18.2 Å². The van der Waals surface area contributed by atoms with Gasteiger partial charge < -0.3 is 14.0 Å². The lowest BCUT2D eigenvalue weighted by atomic mass is 10.1. The number of ether oxygens (including phenoxy) is 2. The molecule has 1 atom stereocenters. The van der Waals surface area contributed by atoms with E-state index in [1.165, 1.54) is 0 Å². The number of hydrogen-bond acceptors (Lipinski definition) is 4. The minimum atomic E-state index is -0.481. The lowest BCUT2D eigenvalue weighted by Gasteiger charge is -2.14. The van der Waals surface area contributed by atoms with Crippen LogP contribution in [0.25, 0.3) is 0 Å². The van der Waals surface area contributed by atoms with E-state index in [9.17, 15) is 9.59 Å². The van der Waals surface area contributed by atoms with E-state index in [4.69, 9.17) is 9.47 Å². The third-order valence-electron chi connectivity index (χ3n) is 4.68. The highest BCUT2D eigenvalue weighted by Gasteiger charge is 2.21. The maximum Gasteiger partial charge on any atom is 0.338 e. The normalized spacial score (nSPS) is 16.7. The third-order valence-corrected chi connectivity index (χ3v) is 5.35. The Bertz CT molecular complexity index is 821. The number of ketones is 1. The summed E-state index contributed by atoms with van der Waals surface area (Å²) in [5.41, 5.74) is 2.98. The molecule has 1 saturated heterocycles. The van der Waals surface area contributed by atoms with Crippen molar-refractivity contribution in [3.8, 4) is 0 Å². The first-order valence-electron chi connectivity index (χ1n) is 8.70. The van der Waals surface area contributed by atoms with Gasteiger partial charge in [0.15, 0.2) is 6.61 Å². The van der Waals surface area contributed by atoms with Crippen LogP contribution in [0.5, 0.6) is 0 Å². The molecule has 6 heteroatoms. The molecule has 3 rings (SSSR count). The first-order valence-corrected chi connectivity index (χ1v) is 9.78. The van der Waals surface area contributed by atoms with E-state index in [0.717, 1.165) is 41.0 Å². The van der Waals surface area contributed by atoms with Crippen molar-refractivity contribution in [3.63, 3.8) is 0 Å². The molecule has 1 unspecified atom stereocenters. The number of aromatic nitrogens is 1. The van der Waals surface area contributed by atoms with Gasteiger partial charge in [-0.3, -0.25) is 4.79 Å². The second kappa shape index (κ2) is 8.35. The molecule has 0 bridgehead atoms. The number of carbonyl (C=O) groups is 2. The van der Waals surface area contributed by atoms with Crippen LogP contribution in [-0.2, 0) is 16.0 Å². The van der Waals surface area contributed by atoms with Gasteiger partial charge in [0.2, 0.25) is 5.78 Å². The Morgan fingerprint density at radius 2 is 2.12 bits per heavy atom. The second-order valence-corrected chi connectivity index (χ2v) is 7.79. The summed E-state index contributed by atoms with van der Waals surface area (Å²) in [5, 5.41) is 0. The minimum Gasteiger partial charge on any atom is -0.454 e. The van der Waals surface area contributed by atoms with Gasteiger partial charge in [0.1, 0.15) is 0 Å². The van der Waals surface area contributed by atoms with Crippen molar-refractivity contribution in [2.75, 3.05) is 13.2 Å². The summed E-state index contributed by atoms with van der Waals surface area (Å²) >= 11 is 2.13. The Morgan fingerprint density at radius 3 is 2.81 bits per heavy atom. The number of aryl methyl sites for hydroxylation is 1. The SMILES string of the molecule is Cc1cc(C(=O)COC(=O)c2cccc(I)c2)c(C)n1CC1CCCO1. The fourth-order valence-corrected chi connectivity index (χ4v) is 3.81. The fraction of sp³-hybridized carbons (Fsp3) is 0.400. The highest BCUT2D eigenvalue weighted by atomic mass is 127. The summed E-state index contributed by atoms with van der Waals surface area (Å²) < 4.78 is 14.0. The van der Waals surface area contributed by atoms with Crippen molar-refractivity contribution < 1.29 is 19.1 Å².